The molecule has 8 heteroatoms. The molecule has 0 fully saturated rings. The number of hydrogen-bond acceptors (Lipinski definition) is 6. The number of benzene rings is 2. The number of nitrogens with one attached hydrogen (secondary N) is 1. The van der Waals surface area contributed by atoms with Crippen LogP contribution in [-0.2, 0) is 9.53 Å². The van der Waals surface area contributed by atoms with Gasteiger partial charge in [0.2, 0.25) is 0 Å². The van der Waals surface area contributed by atoms with Crippen molar-refractivity contribution in [1.82, 2.24) is 0 Å². The number of nitro benzene ring substituents is 1. The lowest BCUT2D eigenvalue weighted by Gasteiger charge is -2.08. The highest BCUT2D eigenvalue weighted by Gasteiger charge is 2.18. The summed E-state index contributed by atoms with van der Waals surface area (Å²) in [6.45, 7) is 3.05. The maximum Gasteiger partial charge on any atom is 0.349 e. The Labute approximate surface area is 158 Å². The molecular weight excluding hydrogens is 368 g/mol. The fraction of sp³-hybridized carbons (Fsp3) is 0.158. The van der Waals surface area contributed by atoms with Crippen molar-refractivity contribution in [2.24, 2.45) is 0 Å². The van der Waals surface area contributed by atoms with Crippen LogP contribution >= 0.6 is 11.3 Å². The lowest BCUT2D eigenvalue weighted by Crippen LogP contribution is -2.21. The lowest BCUT2D eigenvalue weighted by molar-refractivity contribution is -0.384. The van der Waals surface area contributed by atoms with Crippen LogP contribution in [0, 0.1) is 24.0 Å². The Bertz CT molecular complexity index is 1060. The summed E-state index contributed by atoms with van der Waals surface area (Å²) in [6, 6.07) is 11.8. The number of rotatable bonds is 5. The van der Waals surface area contributed by atoms with E-state index in [1.54, 1.807) is 6.92 Å². The normalized spacial score (nSPS) is 10.6. The highest BCUT2D eigenvalue weighted by Crippen LogP contribution is 2.31. The minimum Gasteiger partial charge on any atom is -0.451 e. The number of aryl methyl sites for hydroxylation is 2. The van der Waals surface area contributed by atoms with Gasteiger partial charge in [0.25, 0.3) is 11.6 Å². The standard InChI is InChI=1S/C19H16N2O5S/c1-11-9-13(21(24)25)7-8-15(11)20-17(22)10-26-19(23)18-12(2)14-5-3-4-6-16(14)27-18/h3-9H,10H2,1-2H3,(H,20,22). The summed E-state index contributed by atoms with van der Waals surface area (Å²) in [6.07, 6.45) is 0. The van der Waals surface area contributed by atoms with Crippen LogP contribution in [0.3, 0.4) is 0 Å². The Kier molecular flexibility index (Phi) is 5.18. The van der Waals surface area contributed by atoms with E-state index >= 15 is 0 Å². The summed E-state index contributed by atoms with van der Waals surface area (Å²) in [7, 11) is 0. The molecule has 0 saturated carbocycles. The zero-order valence-corrected chi connectivity index (χ0v) is 15.5. The van der Waals surface area contributed by atoms with Crippen molar-refractivity contribution in [1.29, 1.82) is 0 Å². The third-order valence-electron chi connectivity index (χ3n) is 4.06. The topological polar surface area (TPSA) is 98.5 Å². The number of hydrogen-bond donors (Lipinski definition) is 1. The molecule has 0 saturated heterocycles. The number of ether oxygens (including phenoxy) is 1. The van der Waals surface area contributed by atoms with E-state index in [-0.39, 0.29) is 5.69 Å². The maximum atomic E-state index is 12.3. The van der Waals surface area contributed by atoms with Gasteiger partial charge in [-0.2, -0.15) is 0 Å². The first-order chi connectivity index (χ1) is 12.9. The number of non-ortho nitro benzene ring substituents is 1. The zero-order valence-electron chi connectivity index (χ0n) is 14.6. The molecule has 0 aliphatic carbocycles. The van der Waals surface area contributed by atoms with Crippen molar-refractivity contribution in [2.45, 2.75) is 13.8 Å². The Hall–Kier alpha value is -3.26. The van der Waals surface area contributed by atoms with Crippen LogP contribution in [0.15, 0.2) is 42.5 Å². The van der Waals surface area contributed by atoms with Gasteiger partial charge in [-0.15, -0.1) is 11.3 Å². The highest BCUT2D eigenvalue weighted by molar-refractivity contribution is 7.21. The molecule has 0 bridgehead atoms. The molecule has 0 radical (unpaired) electrons. The first-order valence-electron chi connectivity index (χ1n) is 8.07. The second kappa shape index (κ2) is 7.55. The van der Waals surface area contributed by atoms with E-state index in [2.05, 4.69) is 5.32 Å². The van der Waals surface area contributed by atoms with Gasteiger partial charge >= 0.3 is 5.97 Å². The van der Waals surface area contributed by atoms with E-state index < -0.39 is 23.4 Å². The number of anilines is 1. The number of thiophene rings is 1. The second-order valence-electron chi connectivity index (χ2n) is 5.93. The van der Waals surface area contributed by atoms with Crippen LogP contribution in [-0.4, -0.2) is 23.4 Å². The maximum absolute atomic E-state index is 12.3. The third-order valence-corrected chi connectivity index (χ3v) is 5.31. The number of carbonyl (C=O) groups excluding carboxylic acids is 2. The van der Waals surface area contributed by atoms with E-state index in [0.29, 0.717) is 16.1 Å². The van der Waals surface area contributed by atoms with Crippen LogP contribution in [0.5, 0.6) is 0 Å². The molecule has 0 aliphatic rings. The molecule has 3 rings (SSSR count). The molecule has 27 heavy (non-hydrogen) atoms. The molecule has 0 aliphatic heterocycles. The molecule has 2 aromatic carbocycles. The number of nitrogens with zero attached hydrogens (tertiary/aromatic N) is 1. The van der Waals surface area contributed by atoms with Crippen molar-refractivity contribution < 1.29 is 19.2 Å². The van der Waals surface area contributed by atoms with Gasteiger partial charge in [-0.1, -0.05) is 18.2 Å². The average molecular weight is 384 g/mol. The lowest BCUT2D eigenvalue weighted by atomic mass is 10.1. The molecule has 138 valence electrons. The van der Waals surface area contributed by atoms with Gasteiger partial charge in [-0.3, -0.25) is 14.9 Å². The fourth-order valence-corrected chi connectivity index (χ4v) is 3.76. The van der Waals surface area contributed by atoms with E-state index in [4.69, 9.17) is 4.74 Å². The summed E-state index contributed by atoms with van der Waals surface area (Å²) in [5.41, 5.74) is 1.74. The predicted molar refractivity (Wildman–Crippen MR) is 103 cm³/mol. The van der Waals surface area contributed by atoms with E-state index in [1.165, 1.54) is 29.5 Å². The largest absolute Gasteiger partial charge is 0.451 e. The number of amides is 1. The number of carbonyl (C=O) groups is 2. The molecular formula is C19H16N2O5S. The molecule has 1 N–H and O–H groups in total. The Morgan fingerprint density at radius 3 is 2.59 bits per heavy atom. The van der Waals surface area contributed by atoms with Gasteiger partial charge in [0.05, 0.1) is 4.92 Å². The van der Waals surface area contributed by atoms with Crippen LogP contribution in [0.25, 0.3) is 10.1 Å². The summed E-state index contributed by atoms with van der Waals surface area (Å²) < 4.78 is 6.11. The van der Waals surface area contributed by atoms with Crippen LogP contribution in [0.2, 0.25) is 0 Å². The number of fused-ring (bicyclic) bond motifs is 1. The van der Waals surface area contributed by atoms with Crippen molar-refractivity contribution in [3.63, 3.8) is 0 Å². The van der Waals surface area contributed by atoms with Crippen molar-refractivity contribution in [2.75, 3.05) is 11.9 Å². The molecule has 1 amide bonds. The zero-order chi connectivity index (χ0) is 19.6. The van der Waals surface area contributed by atoms with Gasteiger partial charge in [-0.25, -0.2) is 4.79 Å². The van der Waals surface area contributed by atoms with Crippen LogP contribution < -0.4 is 5.32 Å². The van der Waals surface area contributed by atoms with Crippen molar-refractivity contribution >= 4 is 44.7 Å². The monoisotopic (exact) mass is 384 g/mol. The Balaban J connectivity index is 1.64. The van der Waals surface area contributed by atoms with E-state index in [1.807, 2.05) is 31.2 Å². The summed E-state index contributed by atoms with van der Waals surface area (Å²) in [5.74, 6) is -1.07. The molecule has 1 heterocycles. The molecule has 3 aromatic rings. The number of esters is 1. The van der Waals surface area contributed by atoms with Gasteiger partial charge in [0, 0.05) is 22.5 Å². The Morgan fingerprint density at radius 1 is 1.19 bits per heavy atom. The van der Waals surface area contributed by atoms with Crippen molar-refractivity contribution in [3.8, 4) is 0 Å². The quantitative estimate of drug-likeness (QED) is 0.403. The highest BCUT2D eigenvalue weighted by atomic mass is 32.1. The summed E-state index contributed by atoms with van der Waals surface area (Å²) in [5, 5.41) is 14.3. The predicted octanol–water partition coefficient (Wildman–Crippen LogP) is 4.22. The minimum atomic E-state index is -0.552. The average Bonchev–Trinajstić information content (AvgIpc) is 2.98. The molecule has 0 unspecified atom stereocenters. The van der Waals surface area contributed by atoms with E-state index in [0.717, 1.165) is 15.6 Å². The van der Waals surface area contributed by atoms with Gasteiger partial charge in [0.1, 0.15) is 4.88 Å². The minimum absolute atomic E-state index is 0.0582. The number of nitro groups is 1. The van der Waals surface area contributed by atoms with E-state index in [9.17, 15) is 19.7 Å². The molecule has 0 spiro atoms. The smallest absolute Gasteiger partial charge is 0.349 e. The molecule has 1 aromatic heterocycles. The SMILES string of the molecule is Cc1cc([N+](=O)[O-])ccc1NC(=O)COC(=O)c1sc2ccccc2c1C. The first-order valence-corrected chi connectivity index (χ1v) is 8.88. The fourth-order valence-electron chi connectivity index (χ4n) is 2.65. The van der Waals surface area contributed by atoms with Crippen LogP contribution in [0.1, 0.15) is 20.8 Å². The summed E-state index contributed by atoms with van der Waals surface area (Å²) >= 11 is 1.32. The molecule has 7 nitrogen and oxygen atoms in total. The second-order valence-corrected chi connectivity index (χ2v) is 6.99. The Morgan fingerprint density at radius 2 is 1.93 bits per heavy atom. The van der Waals surface area contributed by atoms with Gasteiger partial charge < -0.3 is 10.1 Å². The third kappa shape index (κ3) is 3.95. The van der Waals surface area contributed by atoms with Gasteiger partial charge in [-0.05, 0) is 42.5 Å². The van der Waals surface area contributed by atoms with Crippen LogP contribution in [0.4, 0.5) is 11.4 Å². The molecule has 0 atom stereocenters. The first kappa shape index (κ1) is 18.5. The van der Waals surface area contributed by atoms with Gasteiger partial charge in [0.15, 0.2) is 6.61 Å². The summed E-state index contributed by atoms with van der Waals surface area (Å²) in [4.78, 5) is 35.1. The van der Waals surface area contributed by atoms with Crippen molar-refractivity contribution in [3.05, 3.63) is 68.6 Å².